The molecule has 0 saturated heterocycles. The third-order valence-electron chi connectivity index (χ3n) is 4.92. The molecule has 0 unspecified atom stereocenters. The molecule has 32 heavy (non-hydrogen) atoms. The number of esters is 1. The minimum absolute atomic E-state index is 0.000453. The highest BCUT2D eigenvalue weighted by atomic mass is 32.1. The molecule has 0 aliphatic carbocycles. The van der Waals surface area contributed by atoms with Crippen LogP contribution >= 0.6 is 11.3 Å². The standard InChI is InChI=1S/C23H17N3O5S/c1-29-17-8-4-3-7-16(17)22-25-14(12-32-22)11-30-19(27)10-26-13-24-20-15-6-2-5-9-18(15)31-21(20)23(26)28/h2-9,12-13H,10-11H2,1H3. The monoisotopic (exact) mass is 447 g/mol. The smallest absolute Gasteiger partial charge is 0.326 e. The lowest BCUT2D eigenvalue weighted by atomic mass is 10.2. The minimum Gasteiger partial charge on any atom is -0.496 e. The Labute approximate surface area is 185 Å². The fourth-order valence-electron chi connectivity index (χ4n) is 3.39. The number of furan rings is 1. The highest BCUT2D eigenvalue weighted by Crippen LogP contribution is 2.32. The summed E-state index contributed by atoms with van der Waals surface area (Å²) in [6.07, 6.45) is 1.33. The number of carbonyl (C=O) groups is 1. The largest absolute Gasteiger partial charge is 0.496 e. The van der Waals surface area contributed by atoms with Gasteiger partial charge in [0.15, 0.2) is 0 Å². The number of ether oxygens (including phenoxy) is 2. The average Bonchev–Trinajstić information content (AvgIpc) is 3.45. The molecule has 0 N–H and O–H groups in total. The summed E-state index contributed by atoms with van der Waals surface area (Å²) in [7, 11) is 1.61. The van der Waals surface area contributed by atoms with E-state index in [2.05, 4.69) is 9.97 Å². The van der Waals surface area contributed by atoms with Crippen molar-refractivity contribution in [2.24, 2.45) is 0 Å². The normalized spacial score (nSPS) is 11.2. The van der Waals surface area contributed by atoms with Crippen molar-refractivity contribution in [3.8, 4) is 16.3 Å². The van der Waals surface area contributed by atoms with Gasteiger partial charge in [0.1, 0.15) is 35.0 Å². The van der Waals surface area contributed by atoms with Gasteiger partial charge in [-0.15, -0.1) is 11.3 Å². The highest BCUT2D eigenvalue weighted by molar-refractivity contribution is 7.13. The van der Waals surface area contributed by atoms with Crippen molar-refractivity contribution < 1.29 is 18.7 Å². The molecule has 3 heterocycles. The zero-order chi connectivity index (χ0) is 22.1. The van der Waals surface area contributed by atoms with Gasteiger partial charge in [-0.2, -0.15) is 0 Å². The van der Waals surface area contributed by atoms with Gasteiger partial charge in [0.25, 0.3) is 5.56 Å². The first kappa shape index (κ1) is 20.0. The molecule has 0 atom stereocenters. The quantitative estimate of drug-likeness (QED) is 0.363. The lowest BCUT2D eigenvalue weighted by molar-refractivity contribution is -0.145. The Morgan fingerprint density at radius 2 is 1.97 bits per heavy atom. The number of benzene rings is 2. The fraction of sp³-hybridized carbons (Fsp3) is 0.130. The molecule has 2 aromatic carbocycles. The van der Waals surface area contributed by atoms with Crippen LogP contribution in [-0.4, -0.2) is 27.6 Å². The zero-order valence-corrected chi connectivity index (χ0v) is 17.8. The number of thiazole rings is 1. The molecular weight excluding hydrogens is 430 g/mol. The Balaban J connectivity index is 1.29. The van der Waals surface area contributed by atoms with Crippen molar-refractivity contribution >= 4 is 39.4 Å². The van der Waals surface area contributed by atoms with Gasteiger partial charge in [-0.05, 0) is 24.3 Å². The van der Waals surface area contributed by atoms with Gasteiger partial charge < -0.3 is 13.9 Å². The molecule has 0 radical (unpaired) electrons. The van der Waals surface area contributed by atoms with E-state index in [1.54, 1.807) is 13.2 Å². The Bertz CT molecular complexity index is 1500. The summed E-state index contributed by atoms with van der Waals surface area (Å²) < 4.78 is 17.5. The van der Waals surface area contributed by atoms with Crippen molar-refractivity contribution in [1.82, 2.24) is 14.5 Å². The van der Waals surface area contributed by atoms with E-state index >= 15 is 0 Å². The van der Waals surface area contributed by atoms with Gasteiger partial charge in [-0.3, -0.25) is 14.2 Å². The molecule has 5 aromatic rings. The van der Waals surface area contributed by atoms with Crippen LogP contribution < -0.4 is 10.3 Å². The van der Waals surface area contributed by atoms with Crippen molar-refractivity contribution in [1.29, 1.82) is 0 Å². The maximum atomic E-state index is 12.7. The second-order valence-corrected chi connectivity index (χ2v) is 7.82. The summed E-state index contributed by atoms with van der Waals surface area (Å²) >= 11 is 1.43. The number of aromatic nitrogens is 3. The third-order valence-corrected chi connectivity index (χ3v) is 5.84. The molecular formula is C23H17N3O5S. The summed E-state index contributed by atoms with van der Waals surface area (Å²) in [5.74, 6) is 0.148. The van der Waals surface area contributed by atoms with Gasteiger partial charge in [-0.1, -0.05) is 24.3 Å². The molecule has 0 bridgehead atoms. The number of carbonyl (C=O) groups excluding carboxylic acids is 1. The maximum absolute atomic E-state index is 12.7. The molecule has 0 fully saturated rings. The number of methoxy groups -OCH3 is 1. The lowest BCUT2D eigenvalue weighted by Gasteiger charge is -2.06. The van der Waals surface area contributed by atoms with E-state index < -0.39 is 11.5 Å². The highest BCUT2D eigenvalue weighted by Gasteiger charge is 2.16. The van der Waals surface area contributed by atoms with E-state index in [0.717, 1.165) is 21.7 Å². The lowest BCUT2D eigenvalue weighted by Crippen LogP contribution is -2.25. The first-order valence-electron chi connectivity index (χ1n) is 9.74. The van der Waals surface area contributed by atoms with Crippen LogP contribution in [0, 0.1) is 0 Å². The van der Waals surface area contributed by atoms with Crippen molar-refractivity contribution in [2.75, 3.05) is 7.11 Å². The van der Waals surface area contributed by atoms with E-state index in [-0.39, 0.29) is 18.7 Å². The van der Waals surface area contributed by atoms with E-state index in [4.69, 9.17) is 13.9 Å². The number of para-hydroxylation sites is 2. The Morgan fingerprint density at radius 3 is 2.84 bits per heavy atom. The SMILES string of the molecule is COc1ccccc1-c1nc(COC(=O)Cn2cnc3c(oc4ccccc43)c2=O)cs1. The van der Waals surface area contributed by atoms with Crippen molar-refractivity contribution in [3.05, 3.63) is 76.3 Å². The Hall–Kier alpha value is -3.98. The number of hydrogen-bond donors (Lipinski definition) is 0. The molecule has 8 nitrogen and oxygen atoms in total. The summed E-state index contributed by atoms with van der Waals surface area (Å²) in [6.45, 7) is -0.276. The molecule has 0 spiro atoms. The summed E-state index contributed by atoms with van der Waals surface area (Å²) in [4.78, 5) is 33.9. The van der Waals surface area contributed by atoms with E-state index in [1.807, 2.05) is 47.8 Å². The topological polar surface area (TPSA) is 96.5 Å². The fourth-order valence-corrected chi connectivity index (χ4v) is 4.22. The second kappa shape index (κ2) is 8.27. The summed E-state index contributed by atoms with van der Waals surface area (Å²) in [6, 6.07) is 14.8. The van der Waals surface area contributed by atoms with Gasteiger partial charge >= 0.3 is 5.97 Å². The number of rotatable bonds is 6. The Kier molecular flexibility index (Phi) is 5.16. The molecule has 0 amide bonds. The molecule has 0 aliphatic heterocycles. The molecule has 160 valence electrons. The van der Waals surface area contributed by atoms with Crippen LogP contribution in [0.5, 0.6) is 5.75 Å². The summed E-state index contributed by atoms with van der Waals surface area (Å²) in [5.41, 5.74) is 2.21. The van der Waals surface area contributed by atoms with Crippen LogP contribution in [0.3, 0.4) is 0 Å². The van der Waals surface area contributed by atoms with Gasteiger partial charge in [0.05, 0.1) is 24.7 Å². The van der Waals surface area contributed by atoms with E-state index in [9.17, 15) is 9.59 Å². The van der Waals surface area contributed by atoms with Gasteiger partial charge in [0.2, 0.25) is 5.58 Å². The first-order valence-corrected chi connectivity index (χ1v) is 10.6. The van der Waals surface area contributed by atoms with Crippen LogP contribution in [0.25, 0.3) is 32.6 Å². The minimum atomic E-state index is -0.573. The van der Waals surface area contributed by atoms with Crippen LogP contribution in [0.15, 0.2) is 69.5 Å². The average molecular weight is 447 g/mol. The van der Waals surface area contributed by atoms with Crippen LogP contribution in [0.1, 0.15) is 5.69 Å². The second-order valence-electron chi connectivity index (χ2n) is 6.96. The van der Waals surface area contributed by atoms with E-state index in [1.165, 1.54) is 22.2 Å². The molecule has 0 aliphatic rings. The zero-order valence-electron chi connectivity index (χ0n) is 17.0. The maximum Gasteiger partial charge on any atom is 0.326 e. The number of nitrogens with zero attached hydrogens (tertiary/aromatic N) is 3. The van der Waals surface area contributed by atoms with Gasteiger partial charge in [-0.25, -0.2) is 9.97 Å². The number of fused-ring (bicyclic) bond motifs is 3. The van der Waals surface area contributed by atoms with E-state index in [0.29, 0.717) is 16.8 Å². The predicted octanol–water partition coefficient (Wildman–Crippen LogP) is 4.02. The first-order chi connectivity index (χ1) is 15.6. The van der Waals surface area contributed by atoms with Crippen molar-refractivity contribution in [3.63, 3.8) is 0 Å². The third kappa shape index (κ3) is 3.63. The molecule has 5 rings (SSSR count). The van der Waals surface area contributed by atoms with Crippen LogP contribution in [0.4, 0.5) is 0 Å². The number of hydrogen-bond acceptors (Lipinski definition) is 8. The molecule has 0 saturated carbocycles. The van der Waals surface area contributed by atoms with Crippen molar-refractivity contribution in [2.45, 2.75) is 13.2 Å². The van der Waals surface area contributed by atoms with Gasteiger partial charge in [0, 0.05) is 10.8 Å². The molecule has 9 heteroatoms. The summed E-state index contributed by atoms with van der Waals surface area (Å²) in [5, 5.41) is 3.34. The van der Waals surface area contributed by atoms with Crippen LogP contribution in [0.2, 0.25) is 0 Å². The Morgan fingerprint density at radius 1 is 1.16 bits per heavy atom. The van der Waals surface area contributed by atoms with Crippen LogP contribution in [-0.2, 0) is 22.7 Å². The molecule has 3 aromatic heterocycles. The predicted molar refractivity (Wildman–Crippen MR) is 120 cm³/mol.